The molecule has 0 bridgehead atoms. The number of hydrogen-bond acceptors (Lipinski definition) is 7. The van der Waals surface area contributed by atoms with Crippen molar-refractivity contribution in [2.75, 3.05) is 51.3 Å². The molecule has 0 radical (unpaired) electrons. The number of rotatable bonds is 9. The van der Waals surface area contributed by atoms with Crippen LogP contribution in [0.1, 0.15) is 5.56 Å². The maximum atomic E-state index is 10.4. The van der Waals surface area contributed by atoms with Crippen molar-refractivity contribution in [3.05, 3.63) is 54.9 Å². The number of aromatic nitrogens is 2. The van der Waals surface area contributed by atoms with Crippen molar-refractivity contribution in [1.82, 2.24) is 14.9 Å². The molecule has 28 heavy (non-hydrogen) atoms. The van der Waals surface area contributed by atoms with Gasteiger partial charge in [0.15, 0.2) is 11.5 Å². The molecule has 1 aliphatic rings. The average molecular weight is 384 g/mol. The molecule has 1 atom stereocenters. The van der Waals surface area contributed by atoms with Gasteiger partial charge in [-0.2, -0.15) is 0 Å². The number of aliphatic hydroxyl groups is 1. The largest absolute Gasteiger partial charge is 0.493 e. The van der Waals surface area contributed by atoms with Gasteiger partial charge in [0.05, 0.1) is 7.11 Å². The summed E-state index contributed by atoms with van der Waals surface area (Å²) >= 11 is 0. The Kier molecular flexibility index (Phi) is 7.22. The first-order valence-corrected chi connectivity index (χ1v) is 9.52. The Balaban J connectivity index is 1.45. The van der Waals surface area contributed by atoms with E-state index in [0.717, 1.165) is 44.1 Å². The lowest BCUT2D eigenvalue weighted by Gasteiger charge is -2.35. The maximum absolute atomic E-state index is 10.4. The summed E-state index contributed by atoms with van der Waals surface area (Å²) in [6.07, 6.45) is 5.57. The quantitative estimate of drug-likeness (QED) is 0.661. The zero-order valence-electron chi connectivity index (χ0n) is 16.3. The van der Waals surface area contributed by atoms with Crippen LogP contribution in [0.3, 0.4) is 0 Å². The molecule has 7 nitrogen and oxygen atoms in total. The Morgan fingerprint density at radius 3 is 2.61 bits per heavy atom. The highest BCUT2D eigenvalue weighted by atomic mass is 16.5. The third-order valence-electron chi connectivity index (χ3n) is 4.72. The molecule has 2 heterocycles. The van der Waals surface area contributed by atoms with Crippen molar-refractivity contribution < 1.29 is 14.6 Å². The van der Waals surface area contributed by atoms with Gasteiger partial charge in [-0.15, -0.1) is 6.58 Å². The number of hydrogen-bond donors (Lipinski definition) is 1. The van der Waals surface area contributed by atoms with E-state index < -0.39 is 6.10 Å². The van der Waals surface area contributed by atoms with Crippen LogP contribution in [0.15, 0.2) is 49.3 Å². The minimum Gasteiger partial charge on any atom is -0.493 e. The van der Waals surface area contributed by atoms with Crippen molar-refractivity contribution in [3.63, 3.8) is 0 Å². The molecule has 1 aromatic heterocycles. The molecule has 1 aliphatic heterocycles. The topological polar surface area (TPSA) is 71.0 Å². The Morgan fingerprint density at radius 1 is 1.18 bits per heavy atom. The number of piperazine rings is 1. The third-order valence-corrected chi connectivity index (χ3v) is 4.72. The van der Waals surface area contributed by atoms with E-state index in [9.17, 15) is 5.11 Å². The van der Waals surface area contributed by atoms with E-state index in [2.05, 4.69) is 26.3 Å². The van der Waals surface area contributed by atoms with Crippen LogP contribution in [0.5, 0.6) is 11.5 Å². The fourth-order valence-corrected chi connectivity index (χ4v) is 3.25. The zero-order chi connectivity index (χ0) is 19.8. The number of anilines is 1. The molecule has 0 amide bonds. The predicted octanol–water partition coefficient (Wildman–Crippen LogP) is 1.78. The van der Waals surface area contributed by atoms with Gasteiger partial charge in [-0.25, -0.2) is 9.97 Å². The minimum absolute atomic E-state index is 0.221. The molecule has 3 rings (SSSR count). The van der Waals surface area contributed by atoms with Crippen LogP contribution < -0.4 is 14.4 Å². The summed E-state index contributed by atoms with van der Waals surface area (Å²) in [6.45, 7) is 7.94. The van der Waals surface area contributed by atoms with Crippen molar-refractivity contribution >= 4 is 5.95 Å². The molecule has 1 saturated heterocycles. The SMILES string of the molecule is C=CCc1ccc(OCC(O)CN2CCN(c3ncccn3)CC2)c(OC)c1. The molecule has 1 unspecified atom stereocenters. The molecule has 1 aromatic carbocycles. The lowest BCUT2D eigenvalue weighted by atomic mass is 10.1. The lowest BCUT2D eigenvalue weighted by molar-refractivity contribution is 0.0652. The molecular weight excluding hydrogens is 356 g/mol. The molecular formula is C21H28N4O3. The normalized spacial score (nSPS) is 15.9. The number of allylic oxidation sites excluding steroid dienone is 1. The Hall–Kier alpha value is -2.64. The van der Waals surface area contributed by atoms with Crippen LogP contribution in [-0.4, -0.2) is 72.5 Å². The number of aliphatic hydroxyl groups excluding tert-OH is 1. The molecule has 1 N–H and O–H groups in total. The average Bonchev–Trinajstić information content (AvgIpc) is 2.74. The van der Waals surface area contributed by atoms with Gasteiger partial charge in [-0.05, 0) is 30.2 Å². The summed E-state index contributed by atoms with van der Waals surface area (Å²) in [5.74, 6) is 2.07. The van der Waals surface area contributed by atoms with Crippen LogP contribution in [-0.2, 0) is 6.42 Å². The molecule has 2 aromatic rings. The number of methoxy groups -OCH3 is 1. The van der Waals surface area contributed by atoms with Crippen molar-refractivity contribution in [2.24, 2.45) is 0 Å². The number of nitrogens with zero attached hydrogens (tertiary/aromatic N) is 4. The van der Waals surface area contributed by atoms with E-state index in [1.807, 2.05) is 30.3 Å². The van der Waals surface area contributed by atoms with E-state index in [0.29, 0.717) is 18.0 Å². The summed E-state index contributed by atoms with van der Waals surface area (Å²) in [5, 5.41) is 10.4. The van der Waals surface area contributed by atoms with Crippen LogP contribution >= 0.6 is 0 Å². The van der Waals surface area contributed by atoms with Gasteiger partial charge in [-0.3, -0.25) is 4.90 Å². The third kappa shape index (κ3) is 5.43. The summed E-state index contributed by atoms with van der Waals surface area (Å²) in [4.78, 5) is 13.0. The van der Waals surface area contributed by atoms with Gasteiger partial charge >= 0.3 is 0 Å². The van der Waals surface area contributed by atoms with Gasteiger partial charge in [0.25, 0.3) is 0 Å². The number of benzene rings is 1. The van der Waals surface area contributed by atoms with Crippen molar-refractivity contribution in [3.8, 4) is 11.5 Å². The van der Waals surface area contributed by atoms with Crippen LogP contribution in [0.2, 0.25) is 0 Å². The summed E-state index contributed by atoms with van der Waals surface area (Å²) in [5.41, 5.74) is 1.11. The van der Waals surface area contributed by atoms with Crippen molar-refractivity contribution in [2.45, 2.75) is 12.5 Å². The Labute approximate surface area is 166 Å². The van der Waals surface area contributed by atoms with Gasteiger partial charge in [0.2, 0.25) is 5.95 Å². The number of β-amino-alcohol motifs (C(OH)–C–C–N with tert-alkyl or cyclic N) is 1. The first-order valence-electron chi connectivity index (χ1n) is 9.52. The maximum Gasteiger partial charge on any atom is 0.225 e. The zero-order valence-corrected chi connectivity index (χ0v) is 16.3. The molecule has 0 spiro atoms. The van der Waals surface area contributed by atoms with E-state index >= 15 is 0 Å². The summed E-state index contributed by atoms with van der Waals surface area (Å²) in [7, 11) is 1.62. The second-order valence-electron chi connectivity index (χ2n) is 6.78. The molecule has 150 valence electrons. The highest BCUT2D eigenvalue weighted by molar-refractivity contribution is 5.43. The predicted molar refractivity (Wildman–Crippen MR) is 109 cm³/mol. The molecule has 0 saturated carbocycles. The highest BCUT2D eigenvalue weighted by Gasteiger charge is 2.21. The fraction of sp³-hybridized carbons (Fsp3) is 0.429. The fourth-order valence-electron chi connectivity index (χ4n) is 3.25. The lowest BCUT2D eigenvalue weighted by Crippen LogP contribution is -2.49. The Bertz CT molecular complexity index is 749. The van der Waals surface area contributed by atoms with Crippen molar-refractivity contribution in [1.29, 1.82) is 0 Å². The van der Waals surface area contributed by atoms with E-state index in [1.54, 1.807) is 19.5 Å². The number of ether oxygens (including phenoxy) is 2. The molecule has 1 fully saturated rings. The van der Waals surface area contributed by atoms with Crippen LogP contribution in [0.25, 0.3) is 0 Å². The summed E-state index contributed by atoms with van der Waals surface area (Å²) < 4.78 is 11.2. The van der Waals surface area contributed by atoms with E-state index in [1.165, 1.54) is 0 Å². The van der Waals surface area contributed by atoms with Gasteiger partial charge in [-0.1, -0.05) is 12.1 Å². The molecule has 7 heteroatoms. The molecule has 0 aliphatic carbocycles. The van der Waals surface area contributed by atoms with Crippen LogP contribution in [0, 0.1) is 0 Å². The van der Waals surface area contributed by atoms with Gasteiger partial charge < -0.3 is 19.5 Å². The second-order valence-corrected chi connectivity index (χ2v) is 6.78. The monoisotopic (exact) mass is 384 g/mol. The second kappa shape index (κ2) is 10.1. The van der Waals surface area contributed by atoms with Gasteiger partial charge in [0, 0.05) is 45.1 Å². The Morgan fingerprint density at radius 2 is 1.93 bits per heavy atom. The standard InChI is InChI=1S/C21H28N4O3/c1-3-5-17-6-7-19(20(14-17)27-2)28-16-18(26)15-24-10-12-25(13-11-24)21-22-8-4-9-23-21/h3-4,6-9,14,18,26H,1,5,10-13,15-16H2,2H3. The van der Waals surface area contributed by atoms with E-state index in [-0.39, 0.29) is 6.61 Å². The van der Waals surface area contributed by atoms with E-state index in [4.69, 9.17) is 9.47 Å². The smallest absolute Gasteiger partial charge is 0.225 e. The van der Waals surface area contributed by atoms with Gasteiger partial charge in [0.1, 0.15) is 12.7 Å². The highest BCUT2D eigenvalue weighted by Crippen LogP contribution is 2.28. The first-order chi connectivity index (χ1) is 13.7. The summed E-state index contributed by atoms with van der Waals surface area (Å²) in [6, 6.07) is 7.62. The first kappa shape index (κ1) is 20.1. The minimum atomic E-state index is -0.572. The van der Waals surface area contributed by atoms with Crippen LogP contribution in [0.4, 0.5) is 5.95 Å².